The van der Waals surface area contributed by atoms with E-state index >= 15 is 0 Å². The number of amides is 1. The van der Waals surface area contributed by atoms with E-state index in [9.17, 15) is 19.1 Å². The average molecular weight is 483 g/mol. The van der Waals surface area contributed by atoms with Crippen molar-refractivity contribution in [2.45, 2.75) is 46.6 Å². The Morgan fingerprint density at radius 2 is 1.77 bits per heavy atom. The highest BCUT2D eigenvalue weighted by atomic mass is 19.1. The van der Waals surface area contributed by atoms with Gasteiger partial charge in [0.15, 0.2) is 0 Å². The third-order valence-electron chi connectivity index (χ3n) is 6.50. The number of aliphatic hydroxyl groups is 1. The number of ketones is 1. The van der Waals surface area contributed by atoms with Crippen molar-refractivity contribution in [1.29, 1.82) is 0 Å². The van der Waals surface area contributed by atoms with Crippen LogP contribution in [0.1, 0.15) is 56.3 Å². The van der Waals surface area contributed by atoms with Gasteiger partial charge in [-0.25, -0.2) is 4.39 Å². The van der Waals surface area contributed by atoms with Crippen LogP contribution < -0.4 is 4.74 Å². The van der Waals surface area contributed by atoms with Crippen LogP contribution in [0.4, 0.5) is 4.39 Å². The van der Waals surface area contributed by atoms with E-state index < -0.39 is 23.5 Å². The average Bonchev–Trinajstić information content (AvgIpc) is 3.11. The van der Waals surface area contributed by atoms with Crippen LogP contribution >= 0.6 is 0 Å². The van der Waals surface area contributed by atoms with Gasteiger partial charge in [0, 0.05) is 18.7 Å². The zero-order valence-electron chi connectivity index (χ0n) is 21.0. The smallest absolute Gasteiger partial charge is 0.295 e. The molecule has 0 aliphatic carbocycles. The van der Waals surface area contributed by atoms with Crippen molar-refractivity contribution < 1.29 is 23.8 Å². The van der Waals surface area contributed by atoms with E-state index in [1.807, 2.05) is 26.0 Å². The quantitative estimate of drug-likeness (QED) is 0.209. The first-order valence-electron chi connectivity index (χ1n) is 12.3. The van der Waals surface area contributed by atoms with Crippen LogP contribution in [0.2, 0.25) is 0 Å². The number of Topliss-reactive ketones (excluding diaryl/α,β-unsaturated/α-hetero) is 1. The van der Waals surface area contributed by atoms with Crippen molar-refractivity contribution in [3.05, 3.63) is 70.5 Å². The number of hydrogen-bond acceptors (Lipinski definition) is 5. The molecule has 0 bridgehead atoms. The summed E-state index contributed by atoms with van der Waals surface area (Å²) in [6, 6.07) is 10.7. The number of carbonyl (C=O) groups is 2. The fraction of sp³-hybridized carbons (Fsp3) is 0.429. The minimum Gasteiger partial charge on any atom is -0.507 e. The number of halogens is 1. The first-order valence-corrected chi connectivity index (χ1v) is 12.3. The van der Waals surface area contributed by atoms with E-state index in [1.54, 1.807) is 25.1 Å². The molecule has 3 rings (SSSR count). The van der Waals surface area contributed by atoms with Gasteiger partial charge >= 0.3 is 0 Å². The first kappa shape index (κ1) is 26.4. The molecule has 1 saturated heterocycles. The summed E-state index contributed by atoms with van der Waals surface area (Å²) in [7, 11) is 0. The van der Waals surface area contributed by atoms with E-state index in [2.05, 4.69) is 11.8 Å². The van der Waals surface area contributed by atoms with Crippen LogP contribution in [-0.4, -0.2) is 59.4 Å². The standard InChI is InChI=1S/C28H35FN2O4/c1-5-8-17-35-22-13-11-20(12-14-22)25-24(26(32)21-10-9-19(4)23(29)18-21)27(33)28(34)31(25)16-15-30(6-2)7-3/h9-14,18,25,32H,5-8,15-17H2,1-4H3/b26-24+. The summed E-state index contributed by atoms with van der Waals surface area (Å²) in [5, 5.41) is 11.1. The molecule has 1 aliphatic heterocycles. The molecule has 1 N–H and O–H groups in total. The molecule has 1 heterocycles. The highest BCUT2D eigenvalue weighted by Crippen LogP contribution is 2.39. The van der Waals surface area contributed by atoms with E-state index in [4.69, 9.17) is 4.74 Å². The van der Waals surface area contributed by atoms with Gasteiger partial charge in [0.2, 0.25) is 0 Å². The molecular formula is C28H35FN2O4. The van der Waals surface area contributed by atoms with E-state index in [0.29, 0.717) is 36.6 Å². The van der Waals surface area contributed by atoms with Gasteiger partial charge in [-0.2, -0.15) is 0 Å². The topological polar surface area (TPSA) is 70.1 Å². The maximum Gasteiger partial charge on any atom is 0.295 e. The van der Waals surface area contributed by atoms with Crippen LogP contribution in [-0.2, 0) is 9.59 Å². The Morgan fingerprint density at radius 3 is 2.37 bits per heavy atom. The zero-order chi connectivity index (χ0) is 25.5. The molecule has 2 aromatic rings. The molecule has 188 valence electrons. The Labute approximate surface area is 207 Å². The fourth-order valence-electron chi connectivity index (χ4n) is 4.22. The molecular weight excluding hydrogens is 447 g/mol. The van der Waals surface area contributed by atoms with Gasteiger partial charge < -0.3 is 19.6 Å². The summed E-state index contributed by atoms with van der Waals surface area (Å²) in [6.45, 7) is 10.9. The van der Waals surface area contributed by atoms with Gasteiger partial charge in [0.05, 0.1) is 18.2 Å². The van der Waals surface area contributed by atoms with Crippen molar-refractivity contribution in [3.8, 4) is 5.75 Å². The van der Waals surface area contributed by atoms with Crippen LogP contribution in [0.5, 0.6) is 5.75 Å². The summed E-state index contributed by atoms with van der Waals surface area (Å²) < 4.78 is 20.0. The zero-order valence-corrected chi connectivity index (χ0v) is 21.0. The van der Waals surface area contributed by atoms with Crippen molar-refractivity contribution in [2.24, 2.45) is 0 Å². The number of hydrogen-bond donors (Lipinski definition) is 1. The van der Waals surface area contributed by atoms with Gasteiger partial charge in [-0.1, -0.05) is 51.5 Å². The number of unbranched alkanes of at least 4 members (excludes halogenated alkanes) is 1. The lowest BCUT2D eigenvalue weighted by atomic mass is 9.95. The minimum atomic E-state index is -0.778. The number of carbonyl (C=O) groups excluding carboxylic acids is 2. The largest absolute Gasteiger partial charge is 0.507 e. The monoisotopic (exact) mass is 482 g/mol. The van der Waals surface area contributed by atoms with Crippen molar-refractivity contribution >= 4 is 17.4 Å². The Bertz CT molecular complexity index is 1080. The number of ether oxygens (including phenoxy) is 1. The number of aryl methyl sites for hydroxylation is 1. The molecule has 0 radical (unpaired) electrons. The lowest BCUT2D eigenvalue weighted by molar-refractivity contribution is -0.140. The molecule has 0 spiro atoms. The van der Waals surface area contributed by atoms with Crippen LogP contribution in [0.3, 0.4) is 0 Å². The molecule has 1 amide bonds. The summed E-state index contributed by atoms with van der Waals surface area (Å²) >= 11 is 0. The van der Waals surface area contributed by atoms with Gasteiger partial charge in [0.25, 0.3) is 11.7 Å². The van der Waals surface area contributed by atoms with Crippen molar-refractivity contribution in [3.63, 3.8) is 0 Å². The van der Waals surface area contributed by atoms with Gasteiger partial charge in [-0.15, -0.1) is 0 Å². The number of likely N-dealkylation sites (N-methyl/N-ethyl adjacent to an activating group) is 1. The SMILES string of the molecule is CCCCOc1ccc(C2/C(=C(\O)c3ccc(C)c(F)c3)C(=O)C(=O)N2CCN(CC)CC)cc1. The van der Waals surface area contributed by atoms with Crippen molar-refractivity contribution in [1.82, 2.24) is 9.80 Å². The second kappa shape index (κ2) is 12.0. The number of rotatable bonds is 11. The molecule has 1 aliphatic rings. The number of benzene rings is 2. The number of nitrogens with zero attached hydrogens (tertiary/aromatic N) is 2. The van der Waals surface area contributed by atoms with E-state index in [1.165, 1.54) is 17.0 Å². The summed E-state index contributed by atoms with van der Waals surface area (Å²) in [5.74, 6) is -1.60. The maximum absolute atomic E-state index is 14.2. The van der Waals surface area contributed by atoms with Crippen LogP contribution in [0.25, 0.3) is 5.76 Å². The highest BCUT2D eigenvalue weighted by molar-refractivity contribution is 6.46. The molecule has 0 saturated carbocycles. The molecule has 1 atom stereocenters. The van der Waals surface area contributed by atoms with Crippen molar-refractivity contribution in [2.75, 3.05) is 32.8 Å². The Kier molecular flexibility index (Phi) is 9.04. The lowest BCUT2D eigenvalue weighted by Crippen LogP contribution is -2.38. The lowest BCUT2D eigenvalue weighted by Gasteiger charge is -2.28. The first-order chi connectivity index (χ1) is 16.8. The third kappa shape index (κ3) is 5.90. The normalized spacial score (nSPS) is 17.4. The highest BCUT2D eigenvalue weighted by Gasteiger charge is 2.46. The molecule has 1 unspecified atom stereocenters. The summed E-state index contributed by atoms with van der Waals surface area (Å²) in [6.07, 6.45) is 1.97. The molecule has 7 heteroatoms. The third-order valence-corrected chi connectivity index (χ3v) is 6.50. The number of aliphatic hydroxyl groups excluding tert-OH is 1. The van der Waals surface area contributed by atoms with E-state index in [0.717, 1.165) is 25.9 Å². The maximum atomic E-state index is 14.2. The minimum absolute atomic E-state index is 0.0301. The molecule has 1 fully saturated rings. The molecule has 2 aromatic carbocycles. The molecule has 6 nitrogen and oxygen atoms in total. The Hall–Kier alpha value is -3.19. The predicted molar refractivity (Wildman–Crippen MR) is 135 cm³/mol. The second-order valence-corrected chi connectivity index (χ2v) is 8.75. The second-order valence-electron chi connectivity index (χ2n) is 8.75. The number of likely N-dealkylation sites (tertiary alicyclic amines) is 1. The summed E-state index contributed by atoms with van der Waals surface area (Å²) in [4.78, 5) is 29.9. The summed E-state index contributed by atoms with van der Waals surface area (Å²) in [5.41, 5.74) is 1.24. The van der Waals surface area contributed by atoms with Crippen LogP contribution in [0, 0.1) is 12.7 Å². The molecule has 35 heavy (non-hydrogen) atoms. The van der Waals surface area contributed by atoms with Gasteiger partial charge in [-0.3, -0.25) is 9.59 Å². The fourth-order valence-corrected chi connectivity index (χ4v) is 4.22. The van der Waals surface area contributed by atoms with Gasteiger partial charge in [-0.05, 0) is 55.8 Å². The van der Waals surface area contributed by atoms with E-state index in [-0.39, 0.29) is 16.9 Å². The van der Waals surface area contributed by atoms with Crippen LogP contribution in [0.15, 0.2) is 48.0 Å². The Morgan fingerprint density at radius 1 is 1.09 bits per heavy atom. The predicted octanol–water partition coefficient (Wildman–Crippen LogP) is 5.08. The Balaban J connectivity index is 2.04. The van der Waals surface area contributed by atoms with Gasteiger partial charge in [0.1, 0.15) is 17.3 Å². The molecule has 0 aromatic heterocycles.